The van der Waals surface area contributed by atoms with E-state index in [-0.39, 0.29) is 17.3 Å². The van der Waals surface area contributed by atoms with Gasteiger partial charge in [-0.15, -0.1) is 0 Å². The first-order valence-corrected chi connectivity index (χ1v) is 8.14. The van der Waals surface area contributed by atoms with Crippen LogP contribution in [0.2, 0.25) is 0 Å². The van der Waals surface area contributed by atoms with Gasteiger partial charge in [0, 0.05) is 29.2 Å². The number of aliphatic hydroxyl groups excluding tert-OH is 1. The van der Waals surface area contributed by atoms with E-state index >= 15 is 0 Å². The summed E-state index contributed by atoms with van der Waals surface area (Å²) in [7, 11) is 0. The second-order valence-corrected chi connectivity index (χ2v) is 7.46. The lowest BCUT2D eigenvalue weighted by Crippen LogP contribution is -2.34. The van der Waals surface area contributed by atoms with Crippen molar-refractivity contribution in [2.75, 3.05) is 25.4 Å². The van der Waals surface area contributed by atoms with Gasteiger partial charge < -0.3 is 10.0 Å². The van der Waals surface area contributed by atoms with Gasteiger partial charge in [0.05, 0.1) is 5.56 Å². The van der Waals surface area contributed by atoms with Gasteiger partial charge in [0.15, 0.2) is 0 Å². The Balaban J connectivity index is 2.20. The maximum Gasteiger partial charge on any atom is 0.255 e. The molecule has 1 aromatic rings. The number of carbonyl (C=O) groups excluding carboxylic acids is 1. The van der Waals surface area contributed by atoms with Crippen LogP contribution in [0.15, 0.2) is 24.3 Å². The molecule has 1 saturated heterocycles. The molecular weight excluding hydrogens is 282 g/mol. The Labute approximate surface area is 130 Å². The predicted molar refractivity (Wildman–Crippen MR) is 87.5 cm³/mol. The van der Waals surface area contributed by atoms with E-state index < -0.39 is 0 Å². The minimum absolute atomic E-state index is 0.0381. The number of amides is 1. The molecule has 1 N–H and O–H groups in total. The summed E-state index contributed by atoms with van der Waals surface area (Å²) in [5.41, 5.74) is 1.32. The highest BCUT2D eigenvalue weighted by atomic mass is 32.2. The van der Waals surface area contributed by atoms with Gasteiger partial charge in [0.25, 0.3) is 5.91 Å². The summed E-state index contributed by atoms with van der Waals surface area (Å²) in [6.07, 6.45) is 0.994. The quantitative estimate of drug-likeness (QED) is 0.810. The monoisotopic (exact) mass is 303 g/mol. The average molecular weight is 303 g/mol. The van der Waals surface area contributed by atoms with Crippen molar-refractivity contribution >= 4 is 17.7 Å². The Morgan fingerprint density at radius 2 is 2.14 bits per heavy atom. The maximum absolute atomic E-state index is 12.7. The summed E-state index contributed by atoms with van der Waals surface area (Å²) >= 11 is 1.92. The summed E-state index contributed by atoms with van der Waals surface area (Å²) in [6.45, 7) is 5.81. The number of carbonyl (C=O) groups is 1. The summed E-state index contributed by atoms with van der Waals surface area (Å²) in [4.78, 5) is 14.7. The number of benzene rings is 1. The van der Waals surface area contributed by atoms with Crippen LogP contribution in [0.5, 0.6) is 0 Å². The topological polar surface area (TPSA) is 40.5 Å². The van der Waals surface area contributed by atoms with Gasteiger partial charge in [-0.1, -0.05) is 37.8 Å². The Kier molecular flexibility index (Phi) is 5.33. The normalized spacial score (nSPS) is 17.6. The molecule has 1 amide bonds. The lowest BCUT2D eigenvalue weighted by Gasteiger charge is -2.23. The molecule has 112 valence electrons. The molecule has 0 unspecified atom stereocenters. The lowest BCUT2D eigenvalue weighted by atomic mass is 10.1. The van der Waals surface area contributed by atoms with Gasteiger partial charge in [-0.3, -0.25) is 4.79 Å². The van der Waals surface area contributed by atoms with E-state index in [0.29, 0.717) is 11.1 Å². The van der Waals surface area contributed by atoms with Crippen LogP contribution < -0.4 is 0 Å². The third-order valence-corrected chi connectivity index (χ3v) is 4.96. The highest BCUT2D eigenvalue weighted by Gasteiger charge is 2.27. The number of hydrogen-bond donors (Lipinski definition) is 1. The molecule has 0 atom stereocenters. The summed E-state index contributed by atoms with van der Waals surface area (Å²) < 4.78 is 0.227. The fourth-order valence-electron chi connectivity index (χ4n) is 2.31. The van der Waals surface area contributed by atoms with Crippen molar-refractivity contribution < 1.29 is 9.90 Å². The highest BCUT2D eigenvalue weighted by molar-refractivity contribution is 8.00. The molecule has 1 fully saturated rings. The summed E-state index contributed by atoms with van der Waals surface area (Å²) in [6, 6.07) is 7.35. The van der Waals surface area contributed by atoms with Gasteiger partial charge in [-0.25, -0.2) is 0 Å². The van der Waals surface area contributed by atoms with Crippen LogP contribution in [0.4, 0.5) is 0 Å². The molecule has 1 aromatic carbocycles. The molecule has 1 aliphatic heterocycles. The molecule has 1 aliphatic rings. The van der Waals surface area contributed by atoms with E-state index in [1.54, 1.807) is 0 Å². The number of aliphatic hydroxyl groups is 1. The summed E-state index contributed by atoms with van der Waals surface area (Å²) in [5.74, 6) is 6.48. The standard InChI is InChI=1S/C17H21NO2S/c1-17(2)9-10-18(11-13-21-17)16(20)15-8-4-3-6-14(15)7-5-12-19/h3-4,6,8,19H,9-13H2,1-2H3. The minimum atomic E-state index is -0.197. The SMILES string of the molecule is CC1(C)CCN(C(=O)c2ccccc2C#CCO)CCS1. The van der Waals surface area contributed by atoms with Crippen LogP contribution in [0.25, 0.3) is 0 Å². The first-order valence-electron chi connectivity index (χ1n) is 7.15. The van der Waals surface area contributed by atoms with Crippen molar-refractivity contribution in [3.05, 3.63) is 35.4 Å². The minimum Gasteiger partial charge on any atom is -0.384 e. The summed E-state index contributed by atoms with van der Waals surface area (Å²) in [5, 5.41) is 8.83. The van der Waals surface area contributed by atoms with Crippen molar-refractivity contribution in [1.82, 2.24) is 4.90 Å². The molecule has 1 heterocycles. The second kappa shape index (κ2) is 7.02. The molecule has 3 nitrogen and oxygen atoms in total. The van der Waals surface area contributed by atoms with E-state index in [9.17, 15) is 4.79 Å². The van der Waals surface area contributed by atoms with E-state index in [1.807, 2.05) is 40.9 Å². The number of nitrogens with zero attached hydrogens (tertiary/aromatic N) is 1. The van der Waals surface area contributed by atoms with Gasteiger partial charge in [-0.05, 0) is 18.6 Å². The van der Waals surface area contributed by atoms with E-state index in [4.69, 9.17) is 5.11 Å². The van der Waals surface area contributed by atoms with E-state index in [0.717, 1.165) is 25.3 Å². The zero-order valence-electron chi connectivity index (χ0n) is 12.6. The van der Waals surface area contributed by atoms with E-state index in [1.165, 1.54) is 0 Å². The van der Waals surface area contributed by atoms with Crippen molar-refractivity contribution in [2.24, 2.45) is 0 Å². The number of hydrogen-bond acceptors (Lipinski definition) is 3. The zero-order valence-corrected chi connectivity index (χ0v) is 13.4. The van der Waals surface area contributed by atoms with Gasteiger partial charge in [0.1, 0.15) is 6.61 Å². The Bertz CT molecular complexity index is 572. The van der Waals surface area contributed by atoms with Crippen LogP contribution in [0, 0.1) is 11.8 Å². The molecule has 0 aliphatic carbocycles. The van der Waals surface area contributed by atoms with Crippen molar-refractivity contribution in [2.45, 2.75) is 25.0 Å². The molecule has 21 heavy (non-hydrogen) atoms. The van der Waals surface area contributed by atoms with Crippen LogP contribution in [0.3, 0.4) is 0 Å². The average Bonchev–Trinajstić information content (AvgIpc) is 2.65. The third-order valence-electron chi connectivity index (χ3n) is 3.58. The first kappa shape index (κ1) is 15.9. The third kappa shape index (κ3) is 4.26. The Hall–Kier alpha value is -1.44. The largest absolute Gasteiger partial charge is 0.384 e. The second-order valence-electron chi connectivity index (χ2n) is 5.66. The van der Waals surface area contributed by atoms with Crippen molar-refractivity contribution in [1.29, 1.82) is 0 Å². The maximum atomic E-state index is 12.7. The Morgan fingerprint density at radius 3 is 2.90 bits per heavy atom. The Morgan fingerprint density at radius 1 is 1.38 bits per heavy atom. The number of thioether (sulfide) groups is 1. The molecule has 4 heteroatoms. The predicted octanol–water partition coefficient (Wildman–Crippen LogP) is 2.39. The smallest absolute Gasteiger partial charge is 0.255 e. The highest BCUT2D eigenvalue weighted by Crippen LogP contribution is 2.31. The molecule has 2 rings (SSSR count). The first-order chi connectivity index (χ1) is 10.0. The van der Waals surface area contributed by atoms with E-state index in [2.05, 4.69) is 25.7 Å². The van der Waals surface area contributed by atoms with Crippen LogP contribution >= 0.6 is 11.8 Å². The molecule has 0 aromatic heterocycles. The number of rotatable bonds is 1. The lowest BCUT2D eigenvalue weighted by molar-refractivity contribution is 0.0764. The molecular formula is C17H21NO2S. The van der Waals surface area contributed by atoms with Crippen molar-refractivity contribution in [3.63, 3.8) is 0 Å². The van der Waals surface area contributed by atoms with Crippen LogP contribution in [-0.2, 0) is 0 Å². The van der Waals surface area contributed by atoms with Crippen LogP contribution in [-0.4, -0.2) is 46.1 Å². The van der Waals surface area contributed by atoms with Gasteiger partial charge >= 0.3 is 0 Å². The molecule has 0 bridgehead atoms. The van der Waals surface area contributed by atoms with Crippen molar-refractivity contribution in [3.8, 4) is 11.8 Å². The fraction of sp³-hybridized carbons (Fsp3) is 0.471. The molecule has 0 saturated carbocycles. The molecule has 0 radical (unpaired) electrons. The van der Waals surface area contributed by atoms with Gasteiger partial charge in [0.2, 0.25) is 0 Å². The fourth-order valence-corrected chi connectivity index (χ4v) is 3.41. The molecule has 0 spiro atoms. The van der Waals surface area contributed by atoms with Crippen LogP contribution in [0.1, 0.15) is 36.2 Å². The van der Waals surface area contributed by atoms with Gasteiger partial charge in [-0.2, -0.15) is 11.8 Å². The zero-order chi connectivity index (χ0) is 15.3.